The van der Waals surface area contributed by atoms with E-state index < -0.39 is 8.32 Å². The first-order valence-corrected chi connectivity index (χ1v) is 13.0. The summed E-state index contributed by atoms with van der Waals surface area (Å²) in [7, 11) is -1.93. The third kappa shape index (κ3) is 5.81. The lowest BCUT2D eigenvalue weighted by Crippen LogP contribution is -2.42. The Morgan fingerprint density at radius 3 is 2.21 bits per heavy atom. The van der Waals surface area contributed by atoms with Crippen LogP contribution in [0.1, 0.15) is 44.8 Å². The van der Waals surface area contributed by atoms with Crippen LogP contribution in [0.25, 0.3) is 0 Å². The van der Waals surface area contributed by atoms with Crippen molar-refractivity contribution in [3.05, 3.63) is 78.5 Å². The van der Waals surface area contributed by atoms with Crippen LogP contribution < -0.4 is 4.74 Å². The molecule has 1 aromatic heterocycles. The molecule has 0 aliphatic rings. The number of hydrogen-bond acceptors (Lipinski definition) is 4. The highest BCUT2D eigenvalue weighted by Crippen LogP contribution is 2.40. The van der Waals surface area contributed by atoms with E-state index in [4.69, 9.17) is 13.6 Å². The predicted molar refractivity (Wildman–Crippen MR) is 119 cm³/mol. The standard InChI is InChI=1S/C24H31NO3Si/c1-24(2,3)29(4,5)28-22(23-25-17-18-26-23)16-13-19-11-14-21(15-12-19)27-20-9-7-6-8-10-20/h6-12,14-15,17-18,22H,13,16H2,1-5H3. The van der Waals surface area contributed by atoms with Gasteiger partial charge in [0.1, 0.15) is 23.9 Å². The first kappa shape index (κ1) is 21.3. The van der Waals surface area contributed by atoms with Gasteiger partial charge in [0.15, 0.2) is 8.32 Å². The number of nitrogens with zero attached hydrogens (tertiary/aromatic N) is 1. The van der Waals surface area contributed by atoms with Crippen molar-refractivity contribution in [3.8, 4) is 11.5 Å². The Morgan fingerprint density at radius 2 is 1.62 bits per heavy atom. The summed E-state index contributed by atoms with van der Waals surface area (Å²) in [5.41, 5.74) is 1.24. The molecule has 0 bridgehead atoms. The van der Waals surface area contributed by atoms with E-state index in [0.717, 1.165) is 24.3 Å². The quantitative estimate of drug-likeness (QED) is 0.370. The maximum Gasteiger partial charge on any atom is 0.221 e. The van der Waals surface area contributed by atoms with Crippen molar-refractivity contribution < 1.29 is 13.6 Å². The Bertz CT molecular complexity index is 869. The van der Waals surface area contributed by atoms with E-state index in [0.29, 0.717) is 5.89 Å². The Labute approximate surface area is 175 Å². The highest BCUT2D eigenvalue weighted by Gasteiger charge is 2.40. The molecular weight excluding hydrogens is 378 g/mol. The largest absolute Gasteiger partial charge is 0.457 e. The Hall–Kier alpha value is -2.37. The molecule has 5 heteroatoms. The van der Waals surface area contributed by atoms with Crippen molar-refractivity contribution in [2.45, 2.75) is 57.8 Å². The molecule has 29 heavy (non-hydrogen) atoms. The lowest BCUT2D eigenvalue weighted by molar-refractivity contribution is 0.142. The fourth-order valence-electron chi connectivity index (χ4n) is 2.81. The van der Waals surface area contributed by atoms with Crippen LogP contribution >= 0.6 is 0 Å². The summed E-state index contributed by atoms with van der Waals surface area (Å²) in [6, 6.07) is 18.1. The van der Waals surface area contributed by atoms with Gasteiger partial charge in [-0.25, -0.2) is 4.98 Å². The van der Waals surface area contributed by atoms with Crippen molar-refractivity contribution >= 4 is 8.32 Å². The van der Waals surface area contributed by atoms with Gasteiger partial charge in [0.25, 0.3) is 0 Å². The van der Waals surface area contributed by atoms with Gasteiger partial charge in [-0.1, -0.05) is 51.1 Å². The predicted octanol–water partition coefficient (Wildman–Crippen LogP) is 7.16. The lowest BCUT2D eigenvalue weighted by atomic mass is 10.1. The molecule has 0 saturated carbocycles. The van der Waals surface area contributed by atoms with E-state index in [1.807, 2.05) is 42.5 Å². The third-order valence-corrected chi connectivity index (χ3v) is 10.1. The minimum Gasteiger partial charge on any atom is -0.457 e. The summed E-state index contributed by atoms with van der Waals surface area (Å²) in [5.74, 6) is 2.34. The molecule has 0 radical (unpaired) electrons. The molecule has 154 valence electrons. The summed E-state index contributed by atoms with van der Waals surface area (Å²) in [5, 5.41) is 0.133. The van der Waals surface area contributed by atoms with Crippen LogP contribution in [-0.2, 0) is 10.8 Å². The van der Waals surface area contributed by atoms with Crippen LogP contribution in [0.3, 0.4) is 0 Å². The zero-order chi connectivity index (χ0) is 20.9. The maximum absolute atomic E-state index is 6.63. The third-order valence-electron chi connectivity index (χ3n) is 5.57. The van der Waals surface area contributed by atoms with Crippen molar-refractivity contribution in [2.24, 2.45) is 0 Å². The molecule has 4 nitrogen and oxygen atoms in total. The maximum atomic E-state index is 6.63. The van der Waals surface area contributed by atoms with E-state index in [1.54, 1.807) is 12.5 Å². The average Bonchev–Trinajstić information content (AvgIpc) is 3.21. The topological polar surface area (TPSA) is 44.5 Å². The van der Waals surface area contributed by atoms with E-state index in [1.165, 1.54) is 5.56 Å². The van der Waals surface area contributed by atoms with Gasteiger partial charge in [0.2, 0.25) is 5.89 Å². The van der Waals surface area contributed by atoms with Gasteiger partial charge in [-0.05, 0) is 60.8 Å². The van der Waals surface area contributed by atoms with Crippen LogP contribution in [0.2, 0.25) is 18.1 Å². The summed E-state index contributed by atoms with van der Waals surface area (Å²) in [6.45, 7) is 11.3. The van der Waals surface area contributed by atoms with Crippen molar-refractivity contribution in [3.63, 3.8) is 0 Å². The number of benzene rings is 2. The highest BCUT2D eigenvalue weighted by molar-refractivity contribution is 6.74. The molecular formula is C24H31NO3Si. The Morgan fingerprint density at radius 1 is 0.966 bits per heavy atom. The first-order chi connectivity index (χ1) is 13.7. The second-order valence-corrected chi connectivity index (χ2v) is 13.6. The van der Waals surface area contributed by atoms with Crippen LogP contribution in [0, 0.1) is 0 Å². The monoisotopic (exact) mass is 409 g/mol. The summed E-state index contributed by atoms with van der Waals surface area (Å²) in [4.78, 5) is 4.37. The van der Waals surface area contributed by atoms with Gasteiger partial charge >= 0.3 is 0 Å². The van der Waals surface area contributed by atoms with E-state index in [-0.39, 0.29) is 11.1 Å². The number of hydrogen-bond donors (Lipinski definition) is 0. The van der Waals surface area contributed by atoms with Crippen molar-refractivity contribution in [2.75, 3.05) is 0 Å². The molecule has 0 spiro atoms. The fourth-order valence-corrected chi connectivity index (χ4v) is 4.09. The number of aromatic nitrogens is 1. The van der Waals surface area contributed by atoms with E-state index in [9.17, 15) is 0 Å². The van der Waals surface area contributed by atoms with Gasteiger partial charge in [0, 0.05) is 0 Å². The summed E-state index contributed by atoms with van der Waals surface area (Å²) >= 11 is 0. The zero-order valence-electron chi connectivity index (χ0n) is 18.0. The van der Waals surface area contributed by atoms with Crippen LogP contribution in [0.5, 0.6) is 11.5 Å². The number of para-hydroxylation sites is 1. The second kappa shape index (κ2) is 8.97. The lowest BCUT2D eigenvalue weighted by Gasteiger charge is -2.38. The molecule has 0 fully saturated rings. The molecule has 1 heterocycles. The number of oxazole rings is 1. The van der Waals surface area contributed by atoms with Crippen LogP contribution in [0.15, 0.2) is 71.5 Å². The molecule has 2 aromatic carbocycles. The van der Waals surface area contributed by atoms with E-state index >= 15 is 0 Å². The SMILES string of the molecule is CC(C)(C)[Si](C)(C)OC(CCc1ccc(Oc2ccccc2)cc1)c1ncco1. The molecule has 1 unspecified atom stereocenters. The number of ether oxygens (including phenoxy) is 1. The van der Waals surface area contributed by atoms with Crippen LogP contribution in [0.4, 0.5) is 0 Å². The summed E-state index contributed by atoms with van der Waals surface area (Å²) < 4.78 is 18.1. The zero-order valence-corrected chi connectivity index (χ0v) is 19.0. The normalized spacial score (nSPS) is 13.3. The number of aryl methyl sites for hydroxylation is 1. The molecule has 3 aromatic rings. The second-order valence-electron chi connectivity index (χ2n) is 8.83. The molecule has 0 saturated heterocycles. The van der Waals surface area contributed by atoms with Crippen molar-refractivity contribution in [1.82, 2.24) is 4.98 Å². The van der Waals surface area contributed by atoms with Crippen LogP contribution in [-0.4, -0.2) is 13.3 Å². The minimum absolute atomic E-state index is 0.133. The molecule has 0 N–H and O–H groups in total. The average molecular weight is 410 g/mol. The number of rotatable bonds is 8. The summed E-state index contributed by atoms with van der Waals surface area (Å²) in [6.07, 6.45) is 4.88. The smallest absolute Gasteiger partial charge is 0.221 e. The van der Waals surface area contributed by atoms with E-state index in [2.05, 4.69) is 51.0 Å². The first-order valence-electron chi connectivity index (χ1n) is 10.1. The molecule has 1 atom stereocenters. The van der Waals surface area contributed by atoms with Gasteiger partial charge in [-0.2, -0.15) is 0 Å². The minimum atomic E-state index is -1.93. The molecule has 3 rings (SSSR count). The van der Waals surface area contributed by atoms with Crippen molar-refractivity contribution in [1.29, 1.82) is 0 Å². The Kier molecular flexibility index (Phi) is 6.60. The van der Waals surface area contributed by atoms with Gasteiger partial charge in [0.05, 0.1) is 6.20 Å². The highest BCUT2D eigenvalue weighted by atomic mass is 28.4. The van der Waals surface area contributed by atoms with Gasteiger partial charge in [-0.15, -0.1) is 0 Å². The molecule has 0 aliphatic carbocycles. The Balaban J connectivity index is 1.65. The molecule has 0 aliphatic heterocycles. The fraction of sp³-hybridized carbons (Fsp3) is 0.375. The molecule has 0 amide bonds. The van der Waals surface area contributed by atoms with Gasteiger partial charge in [-0.3, -0.25) is 0 Å². The van der Waals surface area contributed by atoms with Gasteiger partial charge < -0.3 is 13.6 Å².